The minimum absolute atomic E-state index is 0.0170. The van der Waals surface area contributed by atoms with E-state index in [2.05, 4.69) is 0 Å². The minimum Gasteiger partial charge on any atom is -0.375 e. The Balaban J connectivity index is 1.81. The van der Waals surface area contributed by atoms with Gasteiger partial charge < -0.3 is 10.5 Å². The van der Waals surface area contributed by atoms with E-state index in [1.54, 1.807) is 0 Å². The Kier molecular flexibility index (Phi) is 1.29. The topological polar surface area (TPSA) is 35.2 Å². The van der Waals surface area contributed by atoms with Crippen LogP contribution in [0.4, 0.5) is 8.78 Å². The summed E-state index contributed by atoms with van der Waals surface area (Å²) in [4.78, 5) is 0. The maximum absolute atomic E-state index is 13.0. The minimum atomic E-state index is -2.63. The average molecular weight is 189 g/mol. The second-order valence-electron chi connectivity index (χ2n) is 4.64. The van der Waals surface area contributed by atoms with Crippen molar-refractivity contribution in [2.45, 2.75) is 49.4 Å². The van der Waals surface area contributed by atoms with E-state index in [9.17, 15) is 8.78 Å². The van der Waals surface area contributed by atoms with Crippen LogP contribution in [-0.4, -0.2) is 23.7 Å². The van der Waals surface area contributed by atoms with Crippen molar-refractivity contribution in [1.82, 2.24) is 0 Å². The van der Waals surface area contributed by atoms with Gasteiger partial charge in [0.1, 0.15) is 0 Å². The highest BCUT2D eigenvalue weighted by Gasteiger charge is 2.74. The fraction of sp³-hybridized carbons (Fsp3) is 1.00. The molecule has 2 saturated heterocycles. The molecule has 13 heavy (non-hydrogen) atoms. The molecule has 3 rings (SSSR count). The van der Waals surface area contributed by atoms with E-state index in [1.165, 1.54) is 0 Å². The fourth-order valence-electron chi connectivity index (χ4n) is 2.91. The van der Waals surface area contributed by atoms with Crippen molar-refractivity contribution in [2.24, 2.45) is 11.7 Å². The highest BCUT2D eigenvalue weighted by molar-refractivity contribution is 5.22. The highest BCUT2D eigenvalue weighted by atomic mass is 19.3. The van der Waals surface area contributed by atoms with Crippen molar-refractivity contribution in [3.05, 3.63) is 0 Å². The summed E-state index contributed by atoms with van der Waals surface area (Å²) in [5, 5.41) is 0. The van der Waals surface area contributed by atoms with E-state index in [-0.39, 0.29) is 24.5 Å². The molecule has 3 aliphatic rings. The molecule has 0 aromatic carbocycles. The lowest BCUT2D eigenvalue weighted by molar-refractivity contribution is 0.0451. The highest BCUT2D eigenvalue weighted by Crippen LogP contribution is 2.60. The molecule has 4 heteroatoms. The summed E-state index contributed by atoms with van der Waals surface area (Å²) in [6.07, 6.45) is 2.79. The van der Waals surface area contributed by atoms with Crippen LogP contribution in [0.15, 0.2) is 0 Å². The molecular formula is C9H13F2NO. The number of rotatable bonds is 1. The molecule has 0 spiro atoms. The SMILES string of the molecule is NC1(C2CC3CCC2O3)CC1(F)F. The number of nitrogens with two attached hydrogens (primary N) is 1. The lowest BCUT2D eigenvalue weighted by Gasteiger charge is -2.25. The van der Waals surface area contributed by atoms with Gasteiger partial charge in [-0.1, -0.05) is 0 Å². The molecule has 4 atom stereocenters. The van der Waals surface area contributed by atoms with Gasteiger partial charge in [0, 0.05) is 12.3 Å². The van der Waals surface area contributed by atoms with Gasteiger partial charge >= 0.3 is 0 Å². The fourth-order valence-corrected chi connectivity index (χ4v) is 2.91. The standard InChI is InChI=1S/C9H13F2NO/c10-9(11)4-8(9,12)6-3-5-1-2-7(6)13-5/h5-7H,1-4,12H2. The number of ether oxygens (including phenoxy) is 1. The predicted molar refractivity (Wildman–Crippen MR) is 42.5 cm³/mol. The van der Waals surface area contributed by atoms with Crippen LogP contribution < -0.4 is 5.73 Å². The maximum Gasteiger partial charge on any atom is 0.268 e. The van der Waals surface area contributed by atoms with Crippen LogP contribution in [0.5, 0.6) is 0 Å². The first kappa shape index (κ1) is 8.12. The maximum atomic E-state index is 13.0. The van der Waals surface area contributed by atoms with Crippen LogP contribution in [0, 0.1) is 5.92 Å². The normalized spacial score (nSPS) is 57.0. The summed E-state index contributed by atoms with van der Waals surface area (Å²) in [7, 11) is 0. The molecule has 0 amide bonds. The van der Waals surface area contributed by atoms with Gasteiger partial charge in [-0.2, -0.15) is 0 Å². The smallest absolute Gasteiger partial charge is 0.268 e. The van der Waals surface area contributed by atoms with Crippen molar-refractivity contribution < 1.29 is 13.5 Å². The first-order valence-corrected chi connectivity index (χ1v) is 4.85. The van der Waals surface area contributed by atoms with Crippen molar-refractivity contribution >= 4 is 0 Å². The van der Waals surface area contributed by atoms with E-state index in [0.717, 1.165) is 19.3 Å². The monoisotopic (exact) mass is 189 g/mol. The summed E-state index contributed by atoms with van der Waals surface area (Å²) in [6, 6.07) is 0. The Labute approximate surface area is 75.4 Å². The number of alkyl halides is 2. The third-order valence-electron chi connectivity index (χ3n) is 3.84. The summed E-state index contributed by atoms with van der Waals surface area (Å²) in [5.74, 6) is -2.73. The van der Waals surface area contributed by atoms with Crippen LogP contribution in [0.1, 0.15) is 25.7 Å². The molecule has 2 heterocycles. The van der Waals surface area contributed by atoms with Crippen LogP contribution in [0.3, 0.4) is 0 Å². The molecule has 74 valence electrons. The quantitative estimate of drug-likeness (QED) is 0.674. The molecule has 1 aliphatic carbocycles. The van der Waals surface area contributed by atoms with Gasteiger partial charge in [0.25, 0.3) is 5.92 Å². The third kappa shape index (κ3) is 0.880. The Morgan fingerprint density at radius 3 is 2.38 bits per heavy atom. The van der Waals surface area contributed by atoms with E-state index < -0.39 is 11.5 Å². The largest absolute Gasteiger partial charge is 0.375 e. The molecule has 2 N–H and O–H groups in total. The summed E-state index contributed by atoms with van der Waals surface area (Å²) >= 11 is 0. The Bertz CT molecular complexity index is 258. The molecule has 2 bridgehead atoms. The summed E-state index contributed by atoms with van der Waals surface area (Å²) < 4.78 is 31.5. The Morgan fingerprint density at radius 2 is 2.00 bits per heavy atom. The zero-order valence-electron chi connectivity index (χ0n) is 7.30. The van der Waals surface area contributed by atoms with Gasteiger partial charge in [0.05, 0.1) is 17.7 Å². The van der Waals surface area contributed by atoms with Crippen molar-refractivity contribution in [3.63, 3.8) is 0 Å². The van der Waals surface area contributed by atoms with E-state index in [1.807, 2.05) is 0 Å². The summed E-state index contributed by atoms with van der Waals surface area (Å²) in [6.45, 7) is 0. The number of halogens is 2. The van der Waals surface area contributed by atoms with Crippen molar-refractivity contribution in [1.29, 1.82) is 0 Å². The second-order valence-corrected chi connectivity index (χ2v) is 4.64. The van der Waals surface area contributed by atoms with E-state index in [4.69, 9.17) is 10.5 Å². The molecule has 4 unspecified atom stereocenters. The van der Waals surface area contributed by atoms with Crippen molar-refractivity contribution in [3.8, 4) is 0 Å². The molecule has 2 nitrogen and oxygen atoms in total. The third-order valence-corrected chi connectivity index (χ3v) is 3.84. The predicted octanol–water partition coefficient (Wildman–Crippen LogP) is 1.29. The zero-order chi connectivity index (χ0) is 9.27. The molecule has 0 aromatic rings. The van der Waals surface area contributed by atoms with Gasteiger partial charge in [-0.3, -0.25) is 0 Å². The number of hydrogen-bond donors (Lipinski definition) is 1. The van der Waals surface area contributed by atoms with Crippen LogP contribution in [-0.2, 0) is 4.74 Å². The van der Waals surface area contributed by atoms with Crippen LogP contribution in [0.25, 0.3) is 0 Å². The summed E-state index contributed by atoms with van der Waals surface area (Å²) in [5.41, 5.74) is 4.46. The zero-order valence-corrected chi connectivity index (χ0v) is 7.30. The van der Waals surface area contributed by atoms with Crippen LogP contribution >= 0.6 is 0 Å². The molecular weight excluding hydrogens is 176 g/mol. The van der Waals surface area contributed by atoms with Crippen LogP contribution in [0.2, 0.25) is 0 Å². The lowest BCUT2D eigenvalue weighted by Crippen LogP contribution is -2.43. The lowest BCUT2D eigenvalue weighted by atomic mass is 9.82. The van der Waals surface area contributed by atoms with Gasteiger partial charge in [-0.25, -0.2) is 8.78 Å². The second kappa shape index (κ2) is 2.06. The Hall–Kier alpha value is -0.220. The Morgan fingerprint density at radius 1 is 1.31 bits per heavy atom. The first-order chi connectivity index (χ1) is 6.03. The first-order valence-electron chi connectivity index (χ1n) is 4.85. The van der Waals surface area contributed by atoms with E-state index >= 15 is 0 Å². The molecule has 0 aromatic heterocycles. The van der Waals surface area contributed by atoms with Crippen molar-refractivity contribution in [2.75, 3.05) is 0 Å². The van der Waals surface area contributed by atoms with Gasteiger partial charge in [0.15, 0.2) is 0 Å². The van der Waals surface area contributed by atoms with Gasteiger partial charge in [0.2, 0.25) is 0 Å². The van der Waals surface area contributed by atoms with Gasteiger partial charge in [-0.15, -0.1) is 0 Å². The molecule has 1 saturated carbocycles. The molecule has 2 aliphatic heterocycles. The molecule has 0 radical (unpaired) electrons. The number of fused-ring (bicyclic) bond motifs is 2. The van der Waals surface area contributed by atoms with E-state index in [0.29, 0.717) is 0 Å². The average Bonchev–Trinajstić information content (AvgIpc) is 2.51. The molecule has 3 fully saturated rings. The van der Waals surface area contributed by atoms with Gasteiger partial charge in [-0.05, 0) is 19.3 Å². The number of hydrogen-bond acceptors (Lipinski definition) is 2.